The molecule has 0 radical (unpaired) electrons. The van der Waals surface area contributed by atoms with E-state index >= 15 is 0 Å². The van der Waals surface area contributed by atoms with Gasteiger partial charge in [-0.25, -0.2) is 19.0 Å². The number of amides is 2. The Labute approximate surface area is 295 Å². The lowest BCUT2D eigenvalue weighted by atomic mass is 9.79. The number of aliphatic carboxylic acids is 1. The number of carboxylic acids is 1. The SMILES string of the molecule is CCOC(=O)C1=C(CN2CCN3C(=O)N(c4ccc(C5(C(=O)O)CCCC5)cc4)C[C@@H]3C2)NC(c2nccs2)=N[C@H]1c1ccc(F)cc1Br. The molecule has 1 aromatic heterocycles. The van der Waals surface area contributed by atoms with Crippen molar-refractivity contribution in [2.24, 2.45) is 4.99 Å². The minimum atomic E-state index is -0.855. The number of carboxylic acid groups (broad SMARTS) is 1. The van der Waals surface area contributed by atoms with E-state index in [4.69, 9.17) is 9.73 Å². The van der Waals surface area contributed by atoms with Gasteiger partial charge in [-0.05, 0) is 55.2 Å². The monoisotopic (exact) mass is 750 g/mol. The molecule has 11 nitrogen and oxygen atoms in total. The number of urea groups is 1. The van der Waals surface area contributed by atoms with Gasteiger partial charge in [0.25, 0.3) is 0 Å². The number of piperazine rings is 1. The van der Waals surface area contributed by atoms with E-state index in [-0.39, 0.29) is 18.7 Å². The third-order valence-electron chi connectivity index (χ3n) is 9.93. The van der Waals surface area contributed by atoms with E-state index in [9.17, 15) is 23.9 Å². The van der Waals surface area contributed by atoms with Gasteiger partial charge in [0.2, 0.25) is 0 Å². The number of nitrogens with zero attached hydrogens (tertiary/aromatic N) is 5. The van der Waals surface area contributed by atoms with Crippen LogP contribution in [-0.4, -0.2) is 89.1 Å². The van der Waals surface area contributed by atoms with Crippen LogP contribution in [0.5, 0.6) is 0 Å². The molecule has 3 aromatic rings. The van der Waals surface area contributed by atoms with Crippen LogP contribution < -0.4 is 10.2 Å². The zero-order chi connectivity index (χ0) is 34.3. The molecule has 256 valence electrons. The van der Waals surface area contributed by atoms with Crippen molar-refractivity contribution >= 4 is 56.8 Å². The molecule has 2 N–H and O–H groups in total. The van der Waals surface area contributed by atoms with Crippen molar-refractivity contribution in [1.29, 1.82) is 0 Å². The van der Waals surface area contributed by atoms with Crippen molar-refractivity contribution in [2.45, 2.75) is 50.1 Å². The quantitative estimate of drug-likeness (QED) is 0.276. The van der Waals surface area contributed by atoms with Gasteiger partial charge in [0.15, 0.2) is 10.8 Å². The molecule has 0 unspecified atom stereocenters. The Kier molecular flexibility index (Phi) is 9.29. The van der Waals surface area contributed by atoms with Crippen molar-refractivity contribution in [1.82, 2.24) is 20.1 Å². The summed E-state index contributed by atoms with van der Waals surface area (Å²) in [6, 6.07) is 10.8. The summed E-state index contributed by atoms with van der Waals surface area (Å²) in [5.74, 6) is -1.21. The highest BCUT2D eigenvalue weighted by molar-refractivity contribution is 9.10. The van der Waals surface area contributed by atoms with Gasteiger partial charge in [0.1, 0.15) is 11.9 Å². The number of esters is 1. The number of nitrogens with one attached hydrogen (secondary N) is 1. The van der Waals surface area contributed by atoms with Gasteiger partial charge in [-0.3, -0.25) is 19.6 Å². The summed E-state index contributed by atoms with van der Waals surface area (Å²) in [5, 5.41) is 15.9. The highest BCUT2D eigenvalue weighted by Crippen LogP contribution is 2.42. The number of anilines is 1. The second-order valence-electron chi connectivity index (χ2n) is 12.7. The number of benzene rings is 2. The van der Waals surface area contributed by atoms with Gasteiger partial charge in [0, 0.05) is 60.2 Å². The minimum absolute atomic E-state index is 0.0761. The molecule has 4 aliphatic rings. The number of fused-ring (bicyclic) bond motifs is 1. The predicted molar refractivity (Wildman–Crippen MR) is 186 cm³/mol. The largest absolute Gasteiger partial charge is 0.481 e. The highest BCUT2D eigenvalue weighted by Gasteiger charge is 2.45. The zero-order valence-corrected chi connectivity index (χ0v) is 29.3. The molecule has 2 atom stereocenters. The van der Waals surface area contributed by atoms with Gasteiger partial charge < -0.3 is 20.1 Å². The zero-order valence-electron chi connectivity index (χ0n) is 26.9. The number of ether oxygens (including phenoxy) is 1. The number of hydrogen-bond acceptors (Lipinski definition) is 9. The molecule has 1 aliphatic carbocycles. The molecule has 3 fully saturated rings. The number of aromatic nitrogens is 1. The molecule has 14 heteroatoms. The van der Waals surface area contributed by atoms with E-state index in [1.54, 1.807) is 24.1 Å². The lowest BCUT2D eigenvalue weighted by Crippen LogP contribution is -2.53. The highest BCUT2D eigenvalue weighted by atomic mass is 79.9. The average Bonchev–Trinajstić information content (AvgIpc) is 3.86. The number of carbonyl (C=O) groups excluding carboxylic acids is 2. The van der Waals surface area contributed by atoms with E-state index < -0.39 is 29.2 Å². The molecule has 2 saturated heterocycles. The van der Waals surface area contributed by atoms with Crippen LogP contribution >= 0.6 is 27.3 Å². The Morgan fingerprint density at radius 2 is 1.92 bits per heavy atom. The molecule has 1 saturated carbocycles. The number of hydrogen-bond donors (Lipinski definition) is 2. The fourth-order valence-electron chi connectivity index (χ4n) is 7.49. The predicted octanol–water partition coefficient (Wildman–Crippen LogP) is 5.48. The maximum absolute atomic E-state index is 14.1. The third-order valence-corrected chi connectivity index (χ3v) is 11.4. The van der Waals surface area contributed by atoms with Crippen molar-refractivity contribution in [3.8, 4) is 0 Å². The molecule has 7 rings (SSSR count). The number of carbonyl (C=O) groups is 3. The van der Waals surface area contributed by atoms with Gasteiger partial charge in [-0.2, -0.15) is 0 Å². The normalized spacial score (nSPS) is 22.2. The number of thiazole rings is 1. The fourth-order valence-corrected chi connectivity index (χ4v) is 8.64. The maximum atomic E-state index is 14.1. The number of aliphatic imine (C=N–C) groups is 1. The van der Waals surface area contributed by atoms with Gasteiger partial charge in [-0.1, -0.05) is 47.0 Å². The van der Waals surface area contributed by atoms with E-state index in [1.165, 1.54) is 23.5 Å². The van der Waals surface area contributed by atoms with Crippen molar-refractivity contribution in [3.05, 3.63) is 91.7 Å². The molecule has 2 aromatic carbocycles. The number of halogens is 2. The molecule has 0 bridgehead atoms. The molecule has 2 amide bonds. The van der Waals surface area contributed by atoms with Gasteiger partial charge in [0.05, 0.1) is 23.6 Å². The number of rotatable bonds is 9. The van der Waals surface area contributed by atoms with E-state index in [0.717, 1.165) is 24.1 Å². The van der Waals surface area contributed by atoms with Crippen LogP contribution in [-0.2, 0) is 19.7 Å². The summed E-state index contributed by atoms with van der Waals surface area (Å²) >= 11 is 4.89. The van der Waals surface area contributed by atoms with Crippen LogP contribution in [0.2, 0.25) is 0 Å². The average molecular weight is 752 g/mol. The third kappa shape index (κ3) is 6.25. The second kappa shape index (κ2) is 13.6. The van der Waals surface area contributed by atoms with Crippen LogP contribution in [0.3, 0.4) is 0 Å². The molecular formula is C35H36BrFN6O5S. The van der Waals surface area contributed by atoms with Crippen molar-refractivity contribution in [2.75, 3.05) is 44.2 Å². The summed E-state index contributed by atoms with van der Waals surface area (Å²) in [4.78, 5) is 54.6. The second-order valence-corrected chi connectivity index (χ2v) is 14.5. The smallest absolute Gasteiger partial charge is 0.338 e. The summed E-state index contributed by atoms with van der Waals surface area (Å²) in [6.45, 7) is 4.40. The lowest BCUT2D eigenvalue weighted by Gasteiger charge is -2.38. The Morgan fingerprint density at radius 1 is 1.14 bits per heavy atom. The standard InChI is InChI=1S/C35H36BrFN6O5S/c1-2-48-32(44)28-27(39-30(31-38-13-16-49-31)40-29(28)25-10-7-22(37)17-26(25)36)20-41-14-15-42-24(18-41)19-43(34(42)47)23-8-5-21(6-9-23)35(33(45)46)11-3-4-12-35/h5-10,13,16-17,24,29H,2-4,11-12,14-15,18-20H2,1H3,(H,39,40)(H,45,46)/t24-,29-/m0/s1. The Morgan fingerprint density at radius 3 is 2.59 bits per heavy atom. The van der Waals surface area contributed by atoms with Crippen LogP contribution in [0.15, 0.2) is 74.8 Å². The van der Waals surface area contributed by atoms with Crippen LogP contribution in [0.4, 0.5) is 14.9 Å². The Balaban J connectivity index is 1.14. The Hall–Kier alpha value is -4.14. The maximum Gasteiger partial charge on any atom is 0.338 e. The van der Waals surface area contributed by atoms with Gasteiger partial charge >= 0.3 is 18.0 Å². The van der Waals surface area contributed by atoms with Gasteiger partial charge in [-0.15, -0.1) is 11.3 Å². The first-order valence-electron chi connectivity index (χ1n) is 16.4. The van der Waals surface area contributed by atoms with Crippen LogP contribution in [0, 0.1) is 5.82 Å². The van der Waals surface area contributed by atoms with E-state index in [2.05, 4.69) is 31.1 Å². The Bertz CT molecular complexity index is 1830. The molecule has 0 spiro atoms. The molecule has 4 heterocycles. The van der Waals surface area contributed by atoms with Crippen LogP contribution in [0.25, 0.3) is 0 Å². The summed E-state index contributed by atoms with van der Waals surface area (Å²) in [7, 11) is 0. The number of amidine groups is 1. The first kappa shape index (κ1) is 33.4. The first-order chi connectivity index (χ1) is 23.7. The summed E-state index contributed by atoms with van der Waals surface area (Å²) in [6.07, 6.45) is 4.72. The van der Waals surface area contributed by atoms with Crippen molar-refractivity contribution < 1.29 is 28.6 Å². The topological polar surface area (TPSA) is 128 Å². The van der Waals surface area contributed by atoms with E-state index in [1.807, 2.05) is 34.5 Å². The lowest BCUT2D eigenvalue weighted by molar-refractivity contribution is -0.143. The van der Waals surface area contributed by atoms with Crippen LogP contribution in [0.1, 0.15) is 54.8 Å². The van der Waals surface area contributed by atoms with Crippen molar-refractivity contribution in [3.63, 3.8) is 0 Å². The van der Waals surface area contributed by atoms with E-state index in [0.29, 0.717) is 77.7 Å². The summed E-state index contributed by atoms with van der Waals surface area (Å²) < 4.78 is 20.1. The molecular weight excluding hydrogens is 715 g/mol. The summed E-state index contributed by atoms with van der Waals surface area (Å²) in [5.41, 5.74) is 2.24. The molecule has 3 aliphatic heterocycles. The first-order valence-corrected chi connectivity index (χ1v) is 18.1. The molecule has 49 heavy (non-hydrogen) atoms. The fraction of sp³-hybridized carbons (Fsp3) is 0.400. The minimum Gasteiger partial charge on any atom is -0.481 e.